The second kappa shape index (κ2) is 5.32. The molecule has 0 bridgehead atoms. The van der Waals surface area contributed by atoms with Crippen molar-refractivity contribution in [3.05, 3.63) is 0 Å². The molecule has 0 aromatic rings. The molecule has 1 aliphatic rings. The average molecular weight is 228 g/mol. The molecule has 1 fully saturated rings. The Morgan fingerprint density at radius 3 is 2.31 bits per heavy atom. The van der Waals surface area contributed by atoms with Gasteiger partial charge in [-0.1, -0.05) is 32.1 Å². The Hall–Kier alpha value is -1.06. The standard InChI is InChI=1S/C12H20O4/c1-12(10(13)14,11(15)16-2)8-9-6-4-3-5-7-9/h9H,3-8H2,1-2H3,(H,13,14). The molecule has 1 saturated carbocycles. The zero-order valence-electron chi connectivity index (χ0n) is 9.99. The molecule has 0 spiro atoms. The van der Waals surface area contributed by atoms with Gasteiger partial charge in [0, 0.05) is 0 Å². The second-order valence-electron chi connectivity index (χ2n) is 4.84. The number of hydrogen-bond acceptors (Lipinski definition) is 3. The highest BCUT2D eigenvalue weighted by Crippen LogP contribution is 2.35. The summed E-state index contributed by atoms with van der Waals surface area (Å²) in [4.78, 5) is 22.7. The topological polar surface area (TPSA) is 63.6 Å². The van der Waals surface area contributed by atoms with Crippen molar-refractivity contribution in [3.8, 4) is 0 Å². The molecule has 1 unspecified atom stereocenters. The number of hydrogen-bond donors (Lipinski definition) is 1. The Bertz CT molecular complexity index is 268. The van der Waals surface area contributed by atoms with Crippen molar-refractivity contribution in [1.82, 2.24) is 0 Å². The molecule has 4 heteroatoms. The maximum absolute atomic E-state index is 11.5. The maximum Gasteiger partial charge on any atom is 0.322 e. The second-order valence-corrected chi connectivity index (χ2v) is 4.84. The maximum atomic E-state index is 11.5. The monoisotopic (exact) mass is 228 g/mol. The summed E-state index contributed by atoms with van der Waals surface area (Å²) < 4.78 is 4.60. The minimum atomic E-state index is -1.38. The van der Waals surface area contributed by atoms with Gasteiger partial charge in [-0.15, -0.1) is 0 Å². The molecule has 0 heterocycles. The first-order chi connectivity index (χ1) is 7.50. The third kappa shape index (κ3) is 2.74. The number of carbonyl (C=O) groups is 2. The first-order valence-electron chi connectivity index (χ1n) is 5.82. The summed E-state index contributed by atoms with van der Waals surface area (Å²) in [6, 6.07) is 0. The van der Waals surface area contributed by atoms with E-state index in [0.29, 0.717) is 12.3 Å². The molecule has 1 aliphatic carbocycles. The van der Waals surface area contributed by atoms with Gasteiger partial charge in [0.25, 0.3) is 0 Å². The van der Waals surface area contributed by atoms with E-state index in [1.54, 1.807) is 0 Å². The van der Waals surface area contributed by atoms with E-state index in [4.69, 9.17) is 5.11 Å². The van der Waals surface area contributed by atoms with Gasteiger partial charge in [-0.05, 0) is 19.3 Å². The van der Waals surface area contributed by atoms with Crippen molar-refractivity contribution in [2.75, 3.05) is 7.11 Å². The molecule has 0 saturated heterocycles. The molecule has 92 valence electrons. The summed E-state index contributed by atoms with van der Waals surface area (Å²) in [7, 11) is 1.24. The van der Waals surface area contributed by atoms with E-state index in [0.717, 1.165) is 25.7 Å². The summed E-state index contributed by atoms with van der Waals surface area (Å²) in [6.07, 6.45) is 5.95. The van der Waals surface area contributed by atoms with E-state index >= 15 is 0 Å². The van der Waals surface area contributed by atoms with Gasteiger partial charge in [0.2, 0.25) is 0 Å². The fourth-order valence-corrected chi connectivity index (χ4v) is 2.45. The fraction of sp³-hybridized carbons (Fsp3) is 0.833. The zero-order chi connectivity index (χ0) is 12.2. The van der Waals surface area contributed by atoms with Crippen molar-refractivity contribution in [1.29, 1.82) is 0 Å². The van der Waals surface area contributed by atoms with Crippen LogP contribution < -0.4 is 0 Å². The summed E-state index contributed by atoms with van der Waals surface area (Å²) in [6.45, 7) is 1.47. The number of carboxylic acids is 1. The minimum Gasteiger partial charge on any atom is -0.480 e. The number of carbonyl (C=O) groups excluding carboxylic acids is 1. The number of esters is 1. The molecule has 0 aromatic carbocycles. The van der Waals surface area contributed by atoms with Crippen molar-refractivity contribution in [2.45, 2.75) is 45.4 Å². The highest BCUT2D eigenvalue weighted by molar-refractivity contribution is 5.98. The lowest BCUT2D eigenvalue weighted by molar-refractivity contribution is -0.167. The van der Waals surface area contributed by atoms with Gasteiger partial charge < -0.3 is 9.84 Å². The normalized spacial score (nSPS) is 21.1. The molecule has 1 atom stereocenters. The Morgan fingerprint density at radius 2 is 1.88 bits per heavy atom. The van der Waals surface area contributed by atoms with Gasteiger partial charge >= 0.3 is 11.9 Å². The lowest BCUT2D eigenvalue weighted by Crippen LogP contribution is -2.39. The van der Waals surface area contributed by atoms with E-state index in [-0.39, 0.29) is 0 Å². The summed E-state index contributed by atoms with van der Waals surface area (Å²) >= 11 is 0. The van der Waals surface area contributed by atoms with E-state index in [1.165, 1.54) is 20.5 Å². The van der Waals surface area contributed by atoms with Crippen molar-refractivity contribution < 1.29 is 19.4 Å². The van der Waals surface area contributed by atoms with Gasteiger partial charge in [-0.3, -0.25) is 9.59 Å². The van der Waals surface area contributed by atoms with Gasteiger partial charge in [0.15, 0.2) is 5.41 Å². The SMILES string of the molecule is COC(=O)C(C)(CC1CCCCC1)C(=O)O. The molecule has 0 radical (unpaired) electrons. The molecular weight excluding hydrogens is 208 g/mol. The molecular formula is C12H20O4. The fourth-order valence-electron chi connectivity index (χ4n) is 2.45. The Kier molecular flexibility index (Phi) is 4.33. The number of methoxy groups -OCH3 is 1. The quantitative estimate of drug-likeness (QED) is 0.592. The van der Waals surface area contributed by atoms with Crippen LogP contribution in [0.15, 0.2) is 0 Å². The lowest BCUT2D eigenvalue weighted by Gasteiger charge is -2.29. The molecule has 16 heavy (non-hydrogen) atoms. The smallest absolute Gasteiger partial charge is 0.322 e. The third-order valence-electron chi connectivity index (χ3n) is 3.53. The molecule has 0 amide bonds. The summed E-state index contributed by atoms with van der Waals surface area (Å²) in [5, 5.41) is 9.16. The average Bonchev–Trinajstić information content (AvgIpc) is 2.28. The summed E-state index contributed by atoms with van der Waals surface area (Å²) in [5.41, 5.74) is -1.38. The van der Waals surface area contributed by atoms with Crippen molar-refractivity contribution in [3.63, 3.8) is 0 Å². The highest BCUT2D eigenvalue weighted by Gasteiger charge is 2.44. The molecule has 1 rings (SSSR count). The highest BCUT2D eigenvalue weighted by atomic mass is 16.5. The van der Waals surface area contributed by atoms with Crippen molar-refractivity contribution >= 4 is 11.9 Å². The Labute approximate surface area is 96.0 Å². The van der Waals surface area contributed by atoms with E-state index < -0.39 is 17.4 Å². The lowest BCUT2D eigenvalue weighted by atomic mass is 9.75. The van der Waals surface area contributed by atoms with Crippen LogP contribution in [0.2, 0.25) is 0 Å². The van der Waals surface area contributed by atoms with Crippen LogP contribution in [-0.4, -0.2) is 24.2 Å². The predicted octanol–water partition coefficient (Wildman–Crippen LogP) is 2.22. The van der Waals surface area contributed by atoms with Crippen LogP contribution in [0, 0.1) is 11.3 Å². The van der Waals surface area contributed by atoms with E-state index in [9.17, 15) is 9.59 Å². The molecule has 0 aliphatic heterocycles. The molecule has 0 aromatic heterocycles. The number of carboxylic acid groups (broad SMARTS) is 1. The van der Waals surface area contributed by atoms with Gasteiger partial charge in [0.05, 0.1) is 7.11 Å². The molecule has 4 nitrogen and oxygen atoms in total. The van der Waals surface area contributed by atoms with Gasteiger partial charge in [0.1, 0.15) is 0 Å². The first kappa shape index (κ1) is 13.0. The number of rotatable bonds is 4. The van der Waals surface area contributed by atoms with Gasteiger partial charge in [-0.25, -0.2) is 0 Å². The van der Waals surface area contributed by atoms with Crippen LogP contribution in [0.5, 0.6) is 0 Å². The molecule has 1 N–H and O–H groups in total. The first-order valence-corrected chi connectivity index (χ1v) is 5.82. The Morgan fingerprint density at radius 1 is 1.31 bits per heavy atom. The number of ether oxygens (including phenoxy) is 1. The van der Waals surface area contributed by atoms with Crippen LogP contribution in [0.3, 0.4) is 0 Å². The van der Waals surface area contributed by atoms with Crippen LogP contribution in [-0.2, 0) is 14.3 Å². The predicted molar refractivity (Wildman–Crippen MR) is 59.0 cm³/mol. The summed E-state index contributed by atoms with van der Waals surface area (Å²) in [5.74, 6) is -1.37. The van der Waals surface area contributed by atoms with Gasteiger partial charge in [-0.2, -0.15) is 0 Å². The Balaban J connectivity index is 2.70. The zero-order valence-corrected chi connectivity index (χ0v) is 9.99. The largest absolute Gasteiger partial charge is 0.480 e. The van der Waals surface area contributed by atoms with E-state index in [2.05, 4.69) is 4.74 Å². The number of aliphatic carboxylic acids is 1. The van der Waals surface area contributed by atoms with Crippen LogP contribution in [0.25, 0.3) is 0 Å². The van der Waals surface area contributed by atoms with Crippen LogP contribution in [0.1, 0.15) is 45.4 Å². The van der Waals surface area contributed by atoms with Crippen molar-refractivity contribution in [2.24, 2.45) is 11.3 Å². The third-order valence-corrected chi connectivity index (χ3v) is 3.53. The van der Waals surface area contributed by atoms with Crippen LogP contribution in [0.4, 0.5) is 0 Å². The van der Waals surface area contributed by atoms with Crippen LogP contribution >= 0.6 is 0 Å². The van der Waals surface area contributed by atoms with E-state index in [1.807, 2.05) is 0 Å². The minimum absolute atomic E-state index is 0.342.